The number of halogens is 1. The lowest BCUT2D eigenvalue weighted by atomic mass is 9.71. The number of para-hydroxylation sites is 1. The zero-order valence-electron chi connectivity index (χ0n) is 21.4. The number of benzene rings is 3. The normalized spacial score (nSPS) is 18.9. The van der Waals surface area contributed by atoms with E-state index in [1.807, 2.05) is 42.5 Å². The number of nitro groups is 1. The molecule has 1 aliphatic heterocycles. The third-order valence-corrected chi connectivity index (χ3v) is 7.55. The van der Waals surface area contributed by atoms with E-state index in [0.29, 0.717) is 40.4 Å². The summed E-state index contributed by atoms with van der Waals surface area (Å²) in [7, 11) is 0. The maximum Gasteiger partial charge on any atom is 0.336 e. The van der Waals surface area contributed by atoms with Gasteiger partial charge in [0.2, 0.25) is 0 Å². The molecule has 0 saturated heterocycles. The van der Waals surface area contributed by atoms with Crippen LogP contribution in [0.25, 0.3) is 0 Å². The summed E-state index contributed by atoms with van der Waals surface area (Å²) in [6, 6.07) is 23.3. The van der Waals surface area contributed by atoms with Crippen LogP contribution in [0.3, 0.4) is 0 Å². The van der Waals surface area contributed by atoms with Gasteiger partial charge in [-0.05, 0) is 42.5 Å². The number of ketones is 1. The summed E-state index contributed by atoms with van der Waals surface area (Å²) in [5, 5.41) is 15.9. The highest BCUT2D eigenvalue weighted by molar-refractivity contribution is 6.30. The Morgan fingerprint density at radius 2 is 1.72 bits per heavy atom. The van der Waals surface area contributed by atoms with Crippen molar-refractivity contribution in [2.24, 2.45) is 0 Å². The molecule has 0 bridgehead atoms. The molecule has 39 heavy (non-hydrogen) atoms. The van der Waals surface area contributed by atoms with Crippen molar-refractivity contribution in [1.29, 1.82) is 0 Å². The SMILES string of the molecule is CC1=C(C(=O)OCCc2ccccc2)[C@@H](c2ccccc2[N+](=O)[O-])C2=C(C[C@@H](c3ccc(Cl)cc3)CC2=O)N1. The van der Waals surface area contributed by atoms with Crippen LogP contribution in [-0.4, -0.2) is 23.3 Å². The molecule has 0 amide bonds. The van der Waals surface area contributed by atoms with Crippen molar-refractivity contribution in [3.8, 4) is 0 Å². The Bertz CT molecular complexity index is 1490. The number of hydrogen-bond acceptors (Lipinski definition) is 6. The predicted octanol–water partition coefficient (Wildman–Crippen LogP) is 6.40. The highest BCUT2D eigenvalue weighted by atomic mass is 35.5. The standard InChI is InChI=1S/C31H27ClN2O5/c1-19-28(31(36)39-16-15-20-7-3-2-4-8-20)29(24-9-5-6-10-26(24)34(37)38)30-25(33-19)17-22(18-27(30)35)21-11-13-23(32)14-12-21/h2-14,22,29,33H,15-18H2,1H3/t22-,29-/m1/s1. The number of ether oxygens (including phenoxy) is 1. The number of esters is 1. The van der Waals surface area contributed by atoms with Crippen LogP contribution in [0.2, 0.25) is 5.02 Å². The van der Waals surface area contributed by atoms with Gasteiger partial charge in [0.05, 0.1) is 23.0 Å². The zero-order chi connectivity index (χ0) is 27.5. The molecule has 0 unspecified atom stereocenters. The van der Waals surface area contributed by atoms with Crippen molar-refractivity contribution in [2.45, 2.75) is 38.0 Å². The highest BCUT2D eigenvalue weighted by Gasteiger charge is 2.43. The quantitative estimate of drug-likeness (QED) is 0.211. The smallest absolute Gasteiger partial charge is 0.336 e. The van der Waals surface area contributed by atoms with Gasteiger partial charge in [-0.25, -0.2) is 4.79 Å². The summed E-state index contributed by atoms with van der Waals surface area (Å²) < 4.78 is 5.67. The molecule has 0 aromatic heterocycles. The maximum absolute atomic E-state index is 13.7. The molecule has 0 spiro atoms. The van der Waals surface area contributed by atoms with Gasteiger partial charge in [0, 0.05) is 46.5 Å². The summed E-state index contributed by atoms with van der Waals surface area (Å²) in [5.41, 5.74) is 3.95. The summed E-state index contributed by atoms with van der Waals surface area (Å²) >= 11 is 6.06. The van der Waals surface area contributed by atoms with Gasteiger partial charge in [-0.15, -0.1) is 0 Å². The summed E-state index contributed by atoms with van der Waals surface area (Å²) in [6.07, 6.45) is 1.26. The molecule has 0 fully saturated rings. The third-order valence-electron chi connectivity index (χ3n) is 7.30. The fourth-order valence-electron chi connectivity index (χ4n) is 5.47. The lowest BCUT2D eigenvalue weighted by Crippen LogP contribution is -2.36. The number of nitro benzene ring substituents is 1. The minimum Gasteiger partial charge on any atom is -0.462 e. The van der Waals surface area contributed by atoms with E-state index in [1.54, 1.807) is 37.3 Å². The Morgan fingerprint density at radius 3 is 2.44 bits per heavy atom. The van der Waals surface area contributed by atoms with Crippen LogP contribution in [0.1, 0.15) is 48.3 Å². The molecular formula is C31H27ClN2O5. The molecule has 1 aliphatic carbocycles. The molecule has 5 rings (SSSR count). The average Bonchev–Trinajstić information content (AvgIpc) is 2.93. The van der Waals surface area contributed by atoms with Gasteiger partial charge in [0.25, 0.3) is 5.69 Å². The summed E-state index contributed by atoms with van der Waals surface area (Å²) in [6.45, 7) is 1.89. The van der Waals surface area contributed by atoms with Crippen LogP contribution in [-0.2, 0) is 20.7 Å². The first-order valence-electron chi connectivity index (χ1n) is 12.8. The van der Waals surface area contributed by atoms with Crippen molar-refractivity contribution in [3.05, 3.63) is 133 Å². The number of hydrogen-bond donors (Lipinski definition) is 1. The second-order valence-electron chi connectivity index (χ2n) is 9.76. The van der Waals surface area contributed by atoms with Crippen molar-refractivity contribution in [3.63, 3.8) is 0 Å². The van der Waals surface area contributed by atoms with Crippen molar-refractivity contribution < 1.29 is 19.2 Å². The lowest BCUT2D eigenvalue weighted by Gasteiger charge is -2.36. The number of rotatable bonds is 7. The summed E-state index contributed by atoms with van der Waals surface area (Å²) in [5.74, 6) is -1.75. The molecule has 8 heteroatoms. The van der Waals surface area contributed by atoms with Gasteiger partial charge in [0.15, 0.2) is 5.78 Å². The van der Waals surface area contributed by atoms with E-state index >= 15 is 0 Å². The lowest BCUT2D eigenvalue weighted by molar-refractivity contribution is -0.385. The second-order valence-corrected chi connectivity index (χ2v) is 10.2. The molecule has 2 aliphatic rings. The molecule has 7 nitrogen and oxygen atoms in total. The minimum atomic E-state index is -0.911. The molecule has 1 heterocycles. The van der Waals surface area contributed by atoms with E-state index in [1.165, 1.54) is 6.07 Å². The zero-order valence-corrected chi connectivity index (χ0v) is 22.1. The Hall–Kier alpha value is -4.23. The monoisotopic (exact) mass is 542 g/mol. The molecular weight excluding hydrogens is 516 g/mol. The first kappa shape index (κ1) is 26.4. The number of nitrogens with zero attached hydrogens (tertiary/aromatic N) is 1. The third kappa shape index (κ3) is 5.49. The van der Waals surface area contributed by atoms with Crippen molar-refractivity contribution >= 4 is 29.0 Å². The molecule has 3 aromatic rings. The Balaban J connectivity index is 1.52. The van der Waals surface area contributed by atoms with E-state index in [-0.39, 0.29) is 36.0 Å². The van der Waals surface area contributed by atoms with Crippen molar-refractivity contribution in [2.75, 3.05) is 6.61 Å². The van der Waals surface area contributed by atoms with Gasteiger partial charge in [0.1, 0.15) is 0 Å². The van der Waals surface area contributed by atoms with Crippen molar-refractivity contribution in [1.82, 2.24) is 5.32 Å². The predicted molar refractivity (Wildman–Crippen MR) is 148 cm³/mol. The second kappa shape index (κ2) is 11.3. The average molecular weight is 543 g/mol. The van der Waals surface area contributed by atoms with E-state index < -0.39 is 16.8 Å². The first-order chi connectivity index (χ1) is 18.8. The van der Waals surface area contributed by atoms with E-state index in [2.05, 4.69) is 5.32 Å². The molecule has 0 radical (unpaired) electrons. The Morgan fingerprint density at radius 1 is 1.03 bits per heavy atom. The largest absolute Gasteiger partial charge is 0.462 e. The fourth-order valence-corrected chi connectivity index (χ4v) is 5.60. The van der Waals surface area contributed by atoms with E-state index in [9.17, 15) is 19.7 Å². The fraction of sp³-hybridized carbons (Fsp3) is 0.226. The number of allylic oxidation sites excluding steroid dienone is 3. The molecule has 3 aromatic carbocycles. The number of carbonyl (C=O) groups excluding carboxylic acids is 2. The van der Waals surface area contributed by atoms with Gasteiger partial charge >= 0.3 is 5.97 Å². The van der Waals surface area contributed by atoms with Crippen LogP contribution in [0.15, 0.2) is 101 Å². The van der Waals surface area contributed by atoms with Crippen LogP contribution in [0.5, 0.6) is 0 Å². The molecule has 198 valence electrons. The van der Waals surface area contributed by atoms with Crippen LogP contribution < -0.4 is 5.32 Å². The maximum atomic E-state index is 13.7. The van der Waals surface area contributed by atoms with E-state index in [0.717, 1.165) is 11.1 Å². The van der Waals surface area contributed by atoms with Crippen LogP contribution in [0.4, 0.5) is 5.69 Å². The first-order valence-corrected chi connectivity index (χ1v) is 13.1. The minimum absolute atomic E-state index is 0.0837. The molecule has 1 N–H and O–H groups in total. The van der Waals surface area contributed by atoms with Gasteiger partial charge in [-0.1, -0.05) is 72.3 Å². The Kier molecular flexibility index (Phi) is 7.61. The van der Waals surface area contributed by atoms with E-state index in [4.69, 9.17) is 16.3 Å². The number of Topliss-reactive ketones (excluding diaryl/α,β-unsaturated/α-hetero) is 1. The van der Waals surface area contributed by atoms with Gasteiger partial charge < -0.3 is 10.1 Å². The molecule has 2 atom stereocenters. The number of dihydropyridines is 1. The highest BCUT2D eigenvalue weighted by Crippen LogP contribution is 2.47. The number of nitrogens with one attached hydrogen (secondary N) is 1. The van der Waals surface area contributed by atoms with Crippen LogP contribution >= 0.6 is 11.6 Å². The topological polar surface area (TPSA) is 98.5 Å². The Labute approximate surface area is 231 Å². The molecule has 0 saturated carbocycles. The summed E-state index contributed by atoms with van der Waals surface area (Å²) in [4.78, 5) is 38.8. The van der Waals surface area contributed by atoms with Gasteiger partial charge in [-0.2, -0.15) is 0 Å². The van der Waals surface area contributed by atoms with Crippen LogP contribution in [0, 0.1) is 10.1 Å². The number of carbonyl (C=O) groups is 2. The van der Waals surface area contributed by atoms with Gasteiger partial charge in [-0.3, -0.25) is 14.9 Å².